The molecule has 0 radical (unpaired) electrons. The lowest BCUT2D eigenvalue weighted by Crippen LogP contribution is -2.31. The summed E-state index contributed by atoms with van der Waals surface area (Å²) in [7, 11) is 0. The summed E-state index contributed by atoms with van der Waals surface area (Å²) in [5, 5.41) is 13.5. The lowest BCUT2D eigenvalue weighted by molar-refractivity contribution is -0.126. The first-order valence-corrected chi connectivity index (χ1v) is 8.35. The molecule has 1 saturated heterocycles. The van der Waals surface area contributed by atoms with Crippen molar-refractivity contribution in [2.45, 2.75) is 38.5 Å². The van der Waals surface area contributed by atoms with Gasteiger partial charge in [0.2, 0.25) is 11.8 Å². The largest absolute Gasteiger partial charge is 0.490 e. The summed E-state index contributed by atoms with van der Waals surface area (Å²) in [6.07, 6.45) is 0.708. The van der Waals surface area contributed by atoms with Crippen LogP contribution in [-0.2, 0) is 4.79 Å². The summed E-state index contributed by atoms with van der Waals surface area (Å²) in [4.78, 5) is 27.3. The average Bonchev–Trinajstić information content (AvgIpc) is 2.89. The number of nitrogens with two attached hydrogens (primary N) is 1. The van der Waals surface area contributed by atoms with Crippen molar-refractivity contribution in [3.05, 3.63) is 30.0 Å². The Balaban J connectivity index is 1.90. The number of primary amides is 1. The van der Waals surface area contributed by atoms with Crippen LogP contribution in [0.4, 0.5) is 0 Å². The van der Waals surface area contributed by atoms with E-state index in [9.17, 15) is 14.7 Å². The van der Waals surface area contributed by atoms with Gasteiger partial charge < -0.3 is 25.6 Å². The normalized spacial score (nSPS) is 19.6. The Hall–Kier alpha value is -2.87. The van der Waals surface area contributed by atoms with Crippen molar-refractivity contribution >= 4 is 22.6 Å². The molecule has 8 heteroatoms. The number of carbonyl (C=O) groups is 2. The molecule has 138 valence electrons. The fourth-order valence-corrected chi connectivity index (χ4v) is 2.86. The number of nitrogens with one attached hydrogen (secondary N) is 1. The standard InChI is InChI=1S/C18H21N3O5/c1-9(2)26-15-7-12-10(5-13(15)16(19)23)3-4-20-18(12)25-8-11-6-14(22)17(24)21-11/h3-5,7,9,11,14,22H,6,8H2,1-2H3,(H2,19,23)(H,21,24). The van der Waals surface area contributed by atoms with Crippen LogP contribution in [0.5, 0.6) is 11.6 Å². The fraction of sp³-hybridized carbons (Fsp3) is 0.389. The van der Waals surface area contributed by atoms with Crippen LogP contribution < -0.4 is 20.5 Å². The molecular formula is C18H21N3O5. The third kappa shape index (κ3) is 3.70. The maximum atomic E-state index is 11.7. The first-order valence-electron chi connectivity index (χ1n) is 8.35. The molecule has 0 saturated carbocycles. The SMILES string of the molecule is CC(C)Oc1cc2c(OCC3CC(O)C(=O)N3)nccc2cc1C(N)=O. The van der Waals surface area contributed by atoms with Crippen molar-refractivity contribution in [2.75, 3.05) is 6.61 Å². The van der Waals surface area contributed by atoms with E-state index in [1.54, 1.807) is 24.4 Å². The molecule has 1 aromatic carbocycles. The van der Waals surface area contributed by atoms with Crippen LogP contribution in [0.3, 0.4) is 0 Å². The molecule has 3 rings (SSSR count). The number of hydrogen-bond donors (Lipinski definition) is 3. The molecule has 0 spiro atoms. The number of rotatable bonds is 6. The first kappa shape index (κ1) is 17.9. The molecule has 1 aliphatic rings. The molecule has 2 atom stereocenters. The van der Waals surface area contributed by atoms with Crippen molar-refractivity contribution in [1.29, 1.82) is 0 Å². The van der Waals surface area contributed by atoms with Crippen molar-refractivity contribution in [1.82, 2.24) is 10.3 Å². The predicted molar refractivity (Wildman–Crippen MR) is 94.1 cm³/mol. The van der Waals surface area contributed by atoms with E-state index < -0.39 is 17.9 Å². The van der Waals surface area contributed by atoms with Crippen molar-refractivity contribution in [3.8, 4) is 11.6 Å². The maximum absolute atomic E-state index is 11.7. The van der Waals surface area contributed by atoms with Gasteiger partial charge in [0.15, 0.2) is 0 Å². The highest BCUT2D eigenvalue weighted by Gasteiger charge is 2.30. The third-order valence-electron chi connectivity index (χ3n) is 4.03. The molecule has 0 aliphatic carbocycles. The van der Waals surface area contributed by atoms with Crippen LogP contribution in [0, 0.1) is 0 Å². The number of pyridine rings is 1. The van der Waals surface area contributed by atoms with Gasteiger partial charge in [0.05, 0.1) is 17.7 Å². The monoisotopic (exact) mass is 359 g/mol. The molecule has 2 amide bonds. The van der Waals surface area contributed by atoms with E-state index in [4.69, 9.17) is 15.2 Å². The van der Waals surface area contributed by atoms with Gasteiger partial charge >= 0.3 is 0 Å². The average molecular weight is 359 g/mol. The number of hydrogen-bond acceptors (Lipinski definition) is 6. The number of aliphatic hydroxyl groups excluding tert-OH is 1. The van der Waals surface area contributed by atoms with Gasteiger partial charge in [-0.15, -0.1) is 0 Å². The second-order valence-corrected chi connectivity index (χ2v) is 6.48. The van der Waals surface area contributed by atoms with Crippen LogP contribution in [0.1, 0.15) is 30.6 Å². The number of ether oxygens (including phenoxy) is 2. The Kier molecular flexibility index (Phi) is 4.94. The highest BCUT2D eigenvalue weighted by Crippen LogP contribution is 2.31. The van der Waals surface area contributed by atoms with Gasteiger partial charge in [-0.1, -0.05) is 0 Å². The zero-order valence-corrected chi connectivity index (χ0v) is 14.6. The molecule has 8 nitrogen and oxygen atoms in total. The Morgan fingerprint density at radius 1 is 1.46 bits per heavy atom. The molecular weight excluding hydrogens is 338 g/mol. The number of amides is 2. The number of fused-ring (bicyclic) bond motifs is 1. The van der Waals surface area contributed by atoms with Gasteiger partial charge in [-0.25, -0.2) is 4.98 Å². The minimum absolute atomic E-state index is 0.137. The van der Waals surface area contributed by atoms with Crippen LogP contribution >= 0.6 is 0 Å². The zero-order chi connectivity index (χ0) is 18.8. The predicted octanol–water partition coefficient (Wildman–Crippen LogP) is 0.749. The first-order chi connectivity index (χ1) is 12.3. The Morgan fingerprint density at radius 2 is 2.23 bits per heavy atom. The summed E-state index contributed by atoms with van der Waals surface area (Å²) in [6, 6.07) is 4.78. The maximum Gasteiger partial charge on any atom is 0.252 e. The minimum atomic E-state index is -1.01. The summed E-state index contributed by atoms with van der Waals surface area (Å²) in [6.45, 7) is 3.88. The molecule has 1 aromatic heterocycles. The van der Waals surface area contributed by atoms with Gasteiger partial charge in [-0.2, -0.15) is 0 Å². The van der Waals surface area contributed by atoms with Crippen LogP contribution in [-0.4, -0.2) is 46.8 Å². The lowest BCUT2D eigenvalue weighted by atomic mass is 10.1. The third-order valence-corrected chi connectivity index (χ3v) is 4.03. The molecule has 26 heavy (non-hydrogen) atoms. The molecule has 4 N–H and O–H groups in total. The summed E-state index contributed by atoms with van der Waals surface area (Å²) in [5.74, 6) is -0.266. The van der Waals surface area contributed by atoms with Gasteiger partial charge in [0.1, 0.15) is 18.5 Å². The molecule has 2 unspecified atom stereocenters. The summed E-state index contributed by atoms with van der Waals surface area (Å²) >= 11 is 0. The second-order valence-electron chi connectivity index (χ2n) is 6.48. The smallest absolute Gasteiger partial charge is 0.252 e. The fourth-order valence-electron chi connectivity index (χ4n) is 2.86. The van der Waals surface area contributed by atoms with Crippen molar-refractivity contribution in [3.63, 3.8) is 0 Å². The van der Waals surface area contributed by atoms with Crippen LogP contribution in [0.15, 0.2) is 24.4 Å². The Labute approximate surface area is 150 Å². The van der Waals surface area contributed by atoms with Gasteiger partial charge in [0.25, 0.3) is 5.91 Å². The number of nitrogens with zero attached hydrogens (tertiary/aromatic N) is 1. The molecule has 2 aromatic rings. The second kappa shape index (κ2) is 7.17. The van der Waals surface area contributed by atoms with Gasteiger partial charge in [0, 0.05) is 18.0 Å². The van der Waals surface area contributed by atoms with Gasteiger partial charge in [-0.3, -0.25) is 9.59 Å². The number of aliphatic hydroxyl groups is 1. The van der Waals surface area contributed by atoms with E-state index in [0.717, 1.165) is 5.39 Å². The number of aromatic nitrogens is 1. The van der Waals surface area contributed by atoms with E-state index >= 15 is 0 Å². The highest BCUT2D eigenvalue weighted by molar-refractivity contribution is 6.01. The minimum Gasteiger partial charge on any atom is -0.490 e. The Morgan fingerprint density at radius 3 is 2.85 bits per heavy atom. The quantitative estimate of drug-likeness (QED) is 0.699. The molecule has 0 bridgehead atoms. The van der Waals surface area contributed by atoms with Crippen molar-refractivity contribution in [2.24, 2.45) is 5.73 Å². The number of benzene rings is 1. The topological polar surface area (TPSA) is 124 Å². The molecule has 2 heterocycles. The van der Waals surface area contributed by atoms with E-state index in [1.165, 1.54) is 0 Å². The highest BCUT2D eigenvalue weighted by atomic mass is 16.5. The van der Waals surface area contributed by atoms with E-state index in [1.807, 2.05) is 13.8 Å². The van der Waals surface area contributed by atoms with Crippen LogP contribution in [0.2, 0.25) is 0 Å². The van der Waals surface area contributed by atoms with E-state index in [0.29, 0.717) is 17.0 Å². The Bertz CT molecular complexity index is 852. The van der Waals surface area contributed by atoms with E-state index in [-0.39, 0.29) is 30.7 Å². The van der Waals surface area contributed by atoms with Crippen LogP contribution in [0.25, 0.3) is 10.8 Å². The summed E-state index contributed by atoms with van der Waals surface area (Å²) in [5.41, 5.74) is 5.74. The van der Waals surface area contributed by atoms with Crippen molar-refractivity contribution < 1.29 is 24.2 Å². The molecule has 1 fully saturated rings. The molecule has 1 aliphatic heterocycles. The number of carbonyl (C=O) groups excluding carboxylic acids is 2. The van der Waals surface area contributed by atoms with Gasteiger partial charge in [-0.05, 0) is 37.4 Å². The summed E-state index contributed by atoms with van der Waals surface area (Å²) < 4.78 is 11.5. The lowest BCUT2D eigenvalue weighted by Gasteiger charge is -2.16. The van der Waals surface area contributed by atoms with E-state index in [2.05, 4.69) is 10.3 Å². The zero-order valence-electron chi connectivity index (χ0n) is 14.6.